The normalized spacial score (nSPS) is 16.8. The van der Waals surface area contributed by atoms with Crippen molar-refractivity contribution in [3.8, 4) is 5.75 Å². The molecular formula is C26H37N2O2+. The Morgan fingerprint density at radius 3 is 2.63 bits per heavy atom. The molecule has 0 radical (unpaired) electrons. The van der Waals surface area contributed by atoms with Gasteiger partial charge in [-0.05, 0) is 72.9 Å². The van der Waals surface area contributed by atoms with E-state index >= 15 is 0 Å². The Kier molecular flexibility index (Phi) is 7.54. The number of ether oxygens (including phenoxy) is 1. The van der Waals surface area contributed by atoms with Crippen LogP contribution in [0.25, 0.3) is 0 Å². The van der Waals surface area contributed by atoms with Gasteiger partial charge in [0, 0.05) is 12.5 Å². The maximum Gasteiger partial charge on any atom is 0.223 e. The minimum Gasteiger partial charge on any atom is -0.487 e. The van der Waals surface area contributed by atoms with Crippen molar-refractivity contribution in [3.63, 3.8) is 0 Å². The highest BCUT2D eigenvalue weighted by molar-refractivity contribution is 5.78. The van der Waals surface area contributed by atoms with Crippen LogP contribution in [0.5, 0.6) is 5.75 Å². The van der Waals surface area contributed by atoms with Crippen LogP contribution in [0.4, 0.5) is 0 Å². The van der Waals surface area contributed by atoms with Crippen LogP contribution >= 0.6 is 0 Å². The number of nitrogens with one attached hydrogen (secondary N) is 2. The molecule has 1 aliphatic rings. The van der Waals surface area contributed by atoms with Crippen molar-refractivity contribution in [1.29, 1.82) is 0 Å². The SMILES string of the molecule is Cc1cc(OCC[NH+](C)C)c(C)c2c1CC[C@@H]([C@H](C)C(=O)NCc1ccccc1)C2. The number of aryl methyl sites for hydroxylation is 1. The third-order valence-electron chi connectivity index (χ3n) is 6.53. The summed E-state index contributed by atoms with van der Waals surface area (Å²) >= 11 is 0. The highest BCUT2D eigenvalue weighted by atomic mass is 16.5. The predicted molar refractivity (Wildman–Crippen MR) is 122 cm³/mol. The predicted octanol–water partition coefficient (Wildman–Crippen LogP) is 2.88. The third-order valence-corrected chi connectivity index (χ3v) is 6.53. The molecule has 4 heteroatoms. The summed E-state index contributed by atoms with van der Waals surface area (Å²) in [4.78, 5) is 14.2. The number of rotatable bonds is 8. The number of amides is 1. The number of fused-ring (bicyclic) bond motifs is 1. The van der Waals surface area contributed by atoms with Crippen LogP contribution in [0.3, 0.4) is 0 Å². The van der Waals surface area contributed by atoms with E-state index in [9.17, 15) is 4.79 Å². The molecule has 2 aromatic carbocycles. The van der Waals surface area contributed by atoms with Crippen LogP contribution in [0.2, 0.25) is 0 Å². The molecule has 3 rings (SSSR count). The average molecular weight is 410 g/mol. The molecule has 2 atom stereocenters. The molecule has 2 N–H and O–H groups in total. The fourth-order valence-electron chi connectivity index (χ4n) is 4.43. The zero-order valence-corrected chi connectivity index (χ0v) is 19.2. The van der Waals surface area contributed by atoms with Crippen LogP contribution in [0.1, 0.15) is 41.2 Å². The summed E-state index contributed by atoms with van der Waals surface area (Å²) in [5.74, 6) is 1.54. The number of likely N-dealkylation sites (N-methyl/N-ethyl adjacent to an activating group) is 1. The molecule has 0 heterocycles. The van der Waals surface area contributed by atoms with E-state index in [1.54, 1.807) is 0 Å². The summed E-state index contributed by atoms with van der Waals surface area (Å²) in [5.41, 5.74) is 6.58. The molecule has 0 unspecified atom stereocenters. The topological polar surface area (TPSA) is 42.8 Å². The lowest BCUT2D eigenvalue weighted by Crippen LogP contribution is -3.06. The first-order valence-corrected chi connectivity index (χ1v) is 11.2. The number of hydrogen-bond acceptors (Lipinski definition) is 2. The molecule has 1 aliphatic carbocycles. The van der Waals surface area contributed by atoms with E-state index in [0.717, 1.165) is 43.7 Å². The second-order valence-corrected chi connectivity index (χ2v) is 9.07. The van der Waals surface area contributed by atoms with E-state index in [-0.39, 0.29) is 11.8 Å². The van der Waals surface area contributed by atoms with E-state index < -0.39 is 0 Å². The number of hydrogen-bond donors (Lipinski definition) is 2. The van der Waals surface area contributed by atoms with Gasteiger partial charge in [-0.3, -0.25) is 4.79 Å². The van der Waals surface area contributed by atoms with Crippen LogP contribution < -0.4 is 15.0 Å². The van der Waals surface area contributed by atoms with Crippen molar-refractivity contribution < 1.29 is 14.4 Å². The first-order valence-electron chi connectivity index (χ1n) is 11.2. The second kappa shape index (κ2) is 10.1. The van der Waals surface area contributed by atoms with Crippen molar-refractivity contribution >= 4 is 5.91 Å². The smallest absolute Gasteiger partial charge is 0.223 e. The first-order chi connectivity index (χ1) is 14.4. The van der Waals surface area contributed by atoms with Gasteiger partial charge in [-0.25, -0.2) is 0 Å². The molecule has 1 amide bonds. The van der Waals surface area contributed by atoms with Gasteiger partial charge in [0.1, 0.15) is 18.9 Å². The van der Waals surface area contributed by atoms with E-state index in [4.69, 9.17) is 4.74 Å². The van der Waals surface area contributed by atoms with Crippen molar-refractivity contribution in [1.82, 2.24) is 5.32 Å². The van der Waals surface area contributed by atoms with Crippen molar-refractivity contribution in [2.75, 3.05) is 27.2 Å². The minimum absolute atomic E-state index is 0.00323. The standard InChI is InChI=1S/C26H36N2O2/c1-18-15-25(30-14-13-28(4)5)20(3)24-16-22(11-12-23(18)24)19(2)26(29)27-17-21-9-7-6-8-10-21/h6-10,15,19,22H,11-14,16-17H2,1-5H3,(H,27,29)/p+1/t19-,22+/m0/s1. The van der Waals surface area contributed by atoms with Crippen molar-refractivity contribution in [3.05, 3.63) is 64.2 Å². The first kappa shape index (κ1) is 22.4. The zero-order chi connectivity index (χ0) is 21.7. The Labute approximate surface area is 181 Å². The molecule has 2 aromatic rings. The fraction of sp³-hybridized carbons (Fsp3) is 0.500. The molecular weight excluding hydrogens is 372 g/mol. The maximum atomic E-state index is 12.8. The van der Waals surface area contributed by atoms with Crippen LogP contribution in [-0.4, -0.2) is 33.2 Å². The van der Waals surface area contributed by atoms with Gasteiger partial charge in [-0.2, -0.15) is 0 Å². The molecule has 0 saturated carbocycles. The van der Waals surface area contributed by atoms with Gasteiger partial charge in [0.25, 0.3) is 0 Å². The van der Waals surface area contributed by atoms with E-state index in [1.807, 2.05) is 30.3 Å². The summed E-state index contributed by atoms with van der Waals surface area (Å²) in [6.45, 7) is 8.76. The Morgan fingerprint density at radius 2 is 1.93 bits per heavy atom. The lowest BCUT2D eigenvalue weighted by atomic mass is 9.74. The van der Waals surface area contributed by atoms with E-state index in [0.29, 0.717) is 12.5 Å². The van der Waals surface area contributed by atoms with Crippen molar-refractivity contribution in [2.24, 2.45) is 11.8 Å². The van der Waals surface area contributed by atoms with Gasteiger partial charge in [-0.15, -0.1) is 0 Å². The highest BCUT2D eigenvalue weighted by Gasteiger charge is 2.30. The molecule has 0 aliphatic heterocycles. The Bertz CT molecular complexity index is 861. The highest BCUT2D eigenvalue weighted by Crippen LogP contribution is 2.37. The molecule has 30 heavy (non-hydrogen) atoms. The monoisotopic (exact) mass is 409 g/mol. The van der Waals surface area contributed by atoms with Crippen molar-refractivity contribution in [2.45, 2.75) is 46.6 Å². The van der Waals surface area contributed by atoms with Gasteiger partial charge in [-0.1, -0.05) is 37.3 Å². The molecule has 0 fully saturated rings. The molecule has 162 valence electrons. The molecule has 0 aromatic heterocycles. The number of carbonyl (C=O) groups is 1. The summed E-state index contributed by atoms with van der Waals surface area (Å²) in [7, 11) is 4.28. The largest absolute Gasteiger partial charge is 0.487 e. The zero-order valence-electron chi connectivity index (χ0n) is 19.2. The summed E-state index contributed by atoms with van der Waals surface area (Å²) in [6.07, 6.45) is 3.07. The van der Waals surface area contributed by atoms with Crippen LogP contribution in [-0.2, 0) is 24.2 Å². The van der Waals surface area contributed by atoms with Crippen LogP contribution in [0.15, 0.2) is 36.4 Å². The molecule has 4 nitrogen and oxygen atoms in total. The minimum atomic E-state index is 0.00323. The number of carbonyl (C=O) groups excluding carboxylic acids is 1. The summed E-state index contributed by atoms with van der Waals surface area (Å²) < 4.78 is 6.13. The lowest BCUT2D eigenvalue weighted by molar-refractivity contribution is -0.858. The van der Waals surface area contributed by atoms with Gasteiger partial charge in [0.05, 0.1) is 14.1 Å². The second-order valence-electron chi connectivity index (χ2n) is 9.07. The summed E-state index contributed by atoms with van der Waals surface area (Å²) in [6, 6.07) is 12.3. The van der Waals surface area contributed by atoms with E-state index in [1.165, 1.54) is 27.2 Å². The van der Waals surface area contributed by atoms with Gasteiger partial charge < -0.3 is 15.0 Å². The quantitative estimate of drug-likeness (QED) is 0.704. The summed E-state index contributed by atoms with van der Waals surface area (Å²) in [5, 5.41) is 3.13. The Balaban J connectivity index is 1.67. The van der Waals surface area contributed by atoms with Gasteiger partial charge >= 0.3 is 0 Å². The Morgan fingerprint density at radius 1 is 1.20 bits per heavy atom. The van der Waals surface area contributed by atoms with Gasteiger partial charge in [0.15, 0.2) is 0 Å². The molecule has 0 saturated heterocycles. The fourth-order valence-corrected chi connectivity index (χ4v) is 4.43. The molecule has 0 bridgehead atoms. The number of quaternary nitrogens is 1. The molecule has 0 spiro atoms. The maximum absolute atomic E-state index is 12.8. The van der Waals surface area contributed by atoms with E-state index in [2.05, 4.69) is 46.2 Å². The lowest BCUT2D eigenvalue weighted by Gasteiger charge is -2.31. The average Bonchev–Trinajstić information content (AvgIpc) is 2.75. The Hall–Kier alpha value is -2.33. The van der Waals surface area contributed by atoms with Gasteiger partial charge in [0.2, 0.25) is 5.91 Å². The third kappa shape index (κ3) is 5.42. The van der Waals surface area contributed by atoms with Crippen LogP contribution in [0, 0.1) is 25.7 Å². The number of benzene rings is 2.